The van der Waals surface area contributed by atoms with Gasteiger partial charge < -0.3 is 10.6 Å². The highest BCUT2D eigenvalue weighted by Crippen LogP contribution is 2.26. The van der Waals surface area contributed by atoms with E-state index in [0.29, 0.717) is 16.7 Å². The van der Waals surface area contributed by atoms with Crippen molar-refractivity contribution >= 4 is 46.5 Å². The summed E-state index contributed by atoms with van der Waals surface area (Å²) in [6, 6.07) is 9.52. The number of aromatic nitrogens is 4. The molecule has 0 saturated heterocycles. The van der Waals surface area contributed by atoms with Gasteiger partial charge in [0.1, 0.15) is 11.1 Å². The Morgan fingerprint density at radius 1 is 1.19 bits per heavy atom. The Morgan fingerprint density at radius 2 is 1.92 bits per heavy atom. The number of halogens is 1. The quantitative estimate of drug-likeness (QED) is 0.688. The van der Waals surface area contributed by atoms with Crippen LogP contribution in [0.1, 0.15) is 11.5 Å². The number of allylic oxidation sites excluding steroid dienone is 1. The van der Waals surface area contributed by atoms with Gasteiger partial charge in [0.15, 0.2) is 5.82 Å². The molecule has 130 valence electrons. The summed E-state index contributed by atoms with van der Waals surface area (Å²) in [7, 11) is 3.57. The normalized spacial score (nSPS) is 11.2. The van der Waals surface area contributed by atoms with E-state index in [2.05, 4.69) is 26.0 Å². The maximum absolute atomic E-state index is 9.50. The van der Waals surface area contributed by atoms with Crippen LogP contribution in [0.15, 0.2) is 29.6 Å². The van der Waals surface area contributed by atoms with E-state index in [1.54, 1.807) is 25.1 Å². The minimum absolute atomic E-state index is 0.0555. The van der Waals surface area contributed by atoms with Crippen molar-refractivity contribution in [1.82, 2.24) is 19.9 Å². The fourth-order valence-corrected chi connectivity index (χ4v) is 2.98. The van der Waals surface area contributed by atoms with E-state index in [0.717, 1.165) is 10.6 Å². The van der Waals surface area contributed by atoms with E-state index in [1.165, 1.54) is 11.3 Å². The van der Waals surface area contributed by atoms with E-state index in [4.69, 9.17) is 17.3 Å². The molecule has 0 fully saturated rings. The van der Waals surface area contributed by atoms with Gasteiger partial charge in [-0.1, -0.05) is 23.7 Å². The monoisotopic (exact) mass is 383 g/mol. The topological polar surface area (TPSA) is 105 Å². The van der Waals surface area contributed by atoms with E-state index in [9.17, 15) is 5.26 Å². The second kappa shape index (κ2) is 7.47. The second-order valence-corrected chi connectivity index (χ2v) is 6.76. The molecule has 0 aliphatic heterocycles. The number of nitriles is 1. The molecule has 0 amide bonds. The van der Waals surface area contributed by atoms with Crippen LogP contribution >= 0.6 is 22.9 Å². The van der Waals surface area contributed by atoms with Gasteiger partial charge in [-0.15, -0.1) is 11.3 Å². The number of nitrogen functional groups attached to an aromatic ring is 1. The number of anilines is 2. The molecule has 0 aliphatic rings. The fourth-order valence-electron chi connectivity index (χ4n) is 2.07. The Kier molecular flexibility index (Phi) is 5.11. The Labute approximate surface area is 159 Å². The summed E-state index contributed by atoms with van der Waals surface area (Å²) in [6.07, 6.45) is 1.63. The SMILES string of the molecule is CN(C)c1nc(N)nc(/C(C#N)=C/c2csc(-c3ccc(Cl)cc3)n2)n1. The number of nitrogens with zero attached hydrogens (tertiary/aromatic N) is 6. The zero-order valence-corrected chi connectivity index (χ0v) is 15.6. The van der Waals surface area contributed by atoms with Crippen LogP contribution < -0.4 is 10.6 Å². The summed E-state index contributed by atoms with van der Waals surface area (Å²) in [4.78, 5) is 18.6. The Bertz CT molecular complexity index is 1000. The predicted molar refractivity (Wildman–Crippen MR) is 105 cm³/mol. The largest absolute Gasteiger partial charge is 0.368 e. The second-order valence-electron chi connectivity index (χ2n) is 5.47. The van der Waals surface area contributed by atoms with Crippen molar-refractivity contribution in [2.24, 2.45) is 0 Å². The third-order valence-electron chi connectivity index (χ3n) is 3.31. The van der Waals surface area contributed by atoms with Crippen molar-refractivity contribution in [2.75, 3.05) is 24.7 Å². The average Bonchev–Trinajstić information content (AvgIpc) is 3.08. The first kappa shape index (κ1) is 17.8. The molecule has 0 bridgehead atoms. The van der Waals surface area contributed by atoms with Gasteiger partial charge in [-0.05, 0) is 18.2 Å². The molecule has 2 N–H and O–H groups in total. The zero-order valence-electron chi connectivity index (χ0n) is 14.0. The molecule has 3 aromatic rings. The van der Waals surface area contributed by atoms with Crippen LogP contribution in [0.4, 0.5) is 11.9 Å². The van der Waals surface area contributed by atoms with Crippen LogP contribution in [0.5, 0.6) is 0 Å². The van der Waals surface area contributed by atoms with Gasteiger partial charge in [-0.25, -0.2) is 4.98 Å². The molecule has 0 radical (unpaired) electrons. The predicted octanol–water partition coefficient (Wildman–Crippen LogP) is 3.36. The van der Waals surface area contributed by atoms with Crippen LogP contribution in [0.3, 0.4) is 0 Å². The molecule has 0 spiro atoms. The highest BCUT2D eigenvalue weighted by molar-refractivity contribution is 7.13. The first-order valence-electron chi connectivity index (χ1n) is 7.49. The number of nitrogens with two attached hydrogens (primary N) is 1. The summed E-state index contributed by atoms with van der Waals surface area (Å²) in [5.74, 6) is 0.651. The van der Waals surface area contributed by atoms with Crippen LogP contribution in [0, 0.1) is 11.3 Å². The molecule has 2 heterocycles. The van der Waals surface area contributed by atoms with E-state index >= 15 is 0 Å². The first-order chi connectivity index (χ1) is 12.5. The minimum Gasteiger partial charge on any atom is -0.368 e. The Hall–Kier alpha value is -3.02. The third kappa shape index (κ3) is 3.96. The van der Waals surface area contributed by atoms with Crippen molar-refractivity contribution in [1.29, 1.82) is 5.26 Å². The summed E-state index contributed by atoms with van der Waals surface area (Å²) >= 11 is 7.39. The maximum atomic E-state index is 9.50. The zero-order chi connectivity index (χ0) is 18.7. The summed E-state index contributed by atoms with van der Waals surface area (Å²) in [6.45, 7) is 0. The molecule has 0 saturated carbocycles. The number of benzene rings is 1. The van der Waals surface area contributed by atoms with Gasteiger partial charge in [-0.3, -0.25) is 0 Å². The lowest BCUT2D eigenvalue weighted by Crippen LogP contribution is -2.15. The summed E-state index contributed by atoms with van der Waals surface area (Å²) in [5.41, 5.74) is 7.58. The minimum atomic E-state index is 0.0555. The van der Waals surface area contributed by atoms with Crippen LogP contribution in [-0.4, -0.2) is 34.0 Å². The van der Waals surface area contributed by atoms with Gasteiger partial charge in [0.25, 0.3) is 0 Å². The summed E-state index contributed by atoms with van der Waals surface area (Å²) < 4.78 is 0. The molecule has 7 nitrogen and oxygen atoms in total. The molecule has 1 aromatic carbocycles. The molecule has 0 aliphatic carbocycles. The van der Waals surface area contributed by atoms with Crippen LogP contribution in [-0.2, 0) is 0 Å². The number of rotatable bonds is 4. The number of hydrogen-bond donors (Lipinski definition) is 1. The average molecular weight is 384 g/mol. The van der Waals surface area contributed by atoms with E-state index in [1.807, 2.05) is 29.6 Å². The molecular weight excluding hydrogens is 370 g/mol. The van der Waals surface area contributed by atoms with Crippen molar-refractivity contribution in [2.45, 2.75) is 0 Å². The molecule has 3 rings (SSSR count). The van der Waals surface area contributed by atoms with Gasteiger partial charge in [0.2, 0.25) is 11.9 Å². The van der Waals surface area contributed by atoms with Crippen LogP contribution in [0.25, 0.3) is 22.2 Å². The van der Waals surface area contributed by atoms with Gasteiger partial charge in [0, 0.05) is 30.1 Å². The van der Waals surface area contributed by atoms with Crippen molar-refractivity contribution < 1.29 is 0 Å². The molecule has 26 heavy (non-hydrogen) atoms. The molecule has 0 unspecified atom stereocenters. The Balaban J connectivity index is 1.96. The molecular formula is C17H14ClN7S. The highest BCUT2D eigenvalue weighted by Gasteiger charge is 2.12. The van der Waals surface area contributed by atoms with Crippen molar-refractivity contribution in [3.8, 4) is 16.6 Å². The lowest BCUT2D eigenvalue weighted by Gasteiger charge is -2.10. The number of thiazole rings is 1. The van der Waals surface area contributed by atoms with Crippen molar-refractivity contribution in [3.05, 3.63) is 46.2 Å². The molecule has 0 atom stereocenters. The maximum Gasteiger partial charge on any atom is 0.230 e. The van der Waals surface area contributed by atoms with Gasteiger partial charge >= 0.3 is 0 Å². The fraction of sp³-hybridized carbons (Fsp3) is 0.118. The van der Waals surface area contributed by atoms with E-state index < -0.39 is 0 Å². The lowest BCUT2D eigenvalue weighted by atomic mass is 10.2. The molecule has 9 heteroatoms. The van der Waals surface area contributed by atoms with Crippen LogP contribution in [0.2, 0.25) is 5.02 Å². The number of hydrogen-bond acceptors (Lipinski definition) is 8. The standard InChI is InChI=1S/C17H14ClN7S/c1-25(2)17-23-14(22-16(20)24-17)11(8-19)7-13-9-26-15(21-13)10-3-5-12(18)6-4-10/h3-7,9H,1-2H3,(H2,20,22,23,24)/b11-7+. The van der Waals surface area contributed by atoms with Crippen molar-refractivity contribution in [3.63, 3.8) is 0 Å². The van der Waals surface area contributed by atoms with E-state index in [-0.39, 0.29) is 17.3 Å². The lowest BCUT2D eigenvalue weighted by molar-refractivity contribution is 0.952. The smallest absolute Gasteiger partial charge is 0.230 e. The van der Waals surface area contributed by atoms with Gasteiger partial charge in [-0.2, -0.15) is 20.2 Å². The highest BCUT2D eigenvalue weighted by atomic mass is 35.5. The molecule has 2 aromatic heterocycles. The van der Waals surface area contributed by atoms with Gasteiger partial charge in [0.05, 0.1) is 11.3 Å². The third-order valence-corrected chi connectivity index (χ3v) is 4.47. The first-order valence-corrected chi connectivity index (χ1v) is 8.74. The summed E-state index contributed by atoms with van der Waals surface area (Å²) in [5, 5.41) is 12.9. The Morgan fingerprint density at radius 3 is 2.58 bits per heavy atom.